The molecule has 0 fully saturated rings. The molecule has 2 aliphatic rings. The van der Waals surface area contributed by atoms with Gasteiger partial charge in [0.25, 0.3) is 0 Å². The molecule has 1 amide bonds. The molecule has 1 aromatic carbocycles. The lowest BCUT2D eigenvalue weighted by Crippen LogP contribution is -2.39. The number of hydrogen-bond acceptors (Lipinski definition) is 5. The molecule has 0 aliphatic carbocycles. The zero-order valence-electron chi connectivity index (χ0n) is 13.0. The fourth-order valence-corrected chi connectivity index (χ4v) is 3.13. The molecule has 4 rings (SSSR count). The number of carbonyl (C=O) groups is 1. The van der Waals surface area contributed by atoms with Crippen LogP contribution in [0.15, 0.2) is 28.8 Å². The van der Waals surface area contributed by atoms with Crippen molar-refractivity contribution >= 4 is 11.6 Å². The van der Waals surface area contributed by atoms with E-state index in [1.54, 1.807) is 0 Å². The maximum Gasteiger partial charge on any atom is 0.241 e. The Bertz CT molecular complexity index is 740. The normalized spacial score (nSPS) is 21.3. The molecule has 0 radical (unpaired) electrons. The molecule has 2 aliphatic heterocycles. The summed E-state index contributed by atoms with van der Waals surface area (Å²) in [6.07, 6.45) is 0.765. The van der Waals surface area contributed by atoms with Crippen molar-refractivity contribution in [3.8, 4) is 0 Å². The number of ether oxygens (including phenoxy) is 1. The summed E-state index contributed by atoms with van der Waals surface area (Å²) in [4.78, 5) is 14.5. The first-order chi connectivity index (χ1) is 11.2. The van der Waals surface area contributed by atoms with Gasteiger partial charge in [0.05, 0.1) is 19.3 Å². The molecule has 1 atom stereocenters. The van der Waals surface area contributed by atoms with Crippen LogP contribution < -0.4 is 5.32 Å². The van der Waals surface area contributed by atoms with E-state index in [2.05, 4.69) is 15.4 Å². The summed E-state index contributed by atoms with van der Waals surface area (Å²) in [5, 5.41) is 7.20. The van der Waals surface area contributed by atoms with Crippen LogP contribution in [0.1, 0.15) is 29.5 Å². The van der Waals surface area contributed by atoms with E-state index in [-0.39, 0.29) is 11.9 Å². The highest BCUT2D eigenvalue weighted by molar-refractivity contribution is 5.95. The minimum atomic E-state index is -0.237. The van der Waals surface area contributed by atoms with E-state index >= 15 is 0 Å². The van der Waals surface area contributed by atoms with Gasteiger partial charge in [-0.1, -0.05) is 23.4 Å². The number of nitrogens with zero attached hydrogens (tertiary/aromatic N) is 2. The number of amides is 1. The van der Waals surface area contributed by atoms with Crippen molar-refractivity contribution in [1.29, 1.82) is 0 Å². The maximum absolute atomic E-state index is 12.4. The summed E-state index contributed by atoms with van der Waals surface area (Å²) in [6.45, 7) is 4.41. The third-order valence-corrected chi connectivity index (χ3v) is 4.60. The van der Waals surface area contributed by atoms with Crippen LogP contribution in [0.5, 0.6) is 0 Å². The molecule has 0 bridgehead atoms. The molecule has 0 saturated heterocycles. The molecule has 6 nitrogen and oxygen atoms in total. The van der Waals surface area contributed by atoms with Crippen LogP contribution in [0.3, 0.4) is 0 Å². The molecule has 0 unspecified atom stereocenters. The molecule has 6 heteroatoms. The fraction of sp³-hybridized carbons (Fsp3) is 0.412. The molecule has 1 N–H and O–H groups in total. The van der Waals surface area contributed by atoms with Gasteiger partial charge in [0, 0.05) is 30.8 Å². The lowest BCUT2D eigenvalue weighted by Gasteiger charge is -2.25. The Morgan fingerprint density at radius 1 is 1.39 bits per heavy atom. The first-order valence-electron chi connectivity index (χ1n) is 7.89. The summed E-state index contributed by atoms with van der Waals surface area (Å²) in [5.74, 6) is 0.919. The predicted octanol–water partition coefficient (Wildman–Crippen LogP) is 2.09. The number of fused-ring (bicyclic) bond motifs is 2. The van der Waals surface area contributed by atoms with Crippen LogP contribution >= 0.6 is 0 Å². The first-order valence-corrected chi connectivity index (χ1v) is 7.89. The van der Waals surface area contributed by atoms with E-state index in [0.717, 1.165) is 34.7 Å². The number of carbonyl (C=O) groups excluding carboxylic acids is 1. The number of hydrogen-bond donors (Lipinski definition) is 1. The van der Waals surface area contributed by atoms with Gasteiger partial charge in [-0.3, -0.25) is 9.69 Å². The summed E-state index contributed by atoms with van der Waals surface area (Å²) < 4.78 is 10.9. The minimum Gasteiger partial charge on any atom is -0.376 e. The van der Waals surface area contributed by atoms with Crippen molar-refractivity contribution in [3.63, 3.8) is 0 Å². The number of para-hydroxylation sites is 1. The van der Waals surface area contributed by atoms with E-state index in [1.807, 2.05) is 31.2 Å². The Morgan fingerprint density at radius 3 is 3.17 bits per heavy atom. The van der Waals surface area contributed by atoms with Crippen molar-refractivity contribution in [3.05, 3.63) is 46.8 Å². The molecular formula is C17H19N3O3. The van der Waals surface area contributed by atoms with Crippen LogP contribution in [0.25, 0.3) is 0 Å². The fourth-order valence-electron chi connectivity index (χ4n) is 3.13. The second-order valence-electron chi connectivity index (χ2n) is 6.06. The van der Waals surface area contributed by atoms with Gasteiger partial charge in [-0.15, -0.1) is 0 Å². The van der Waals surface area contributed by atoms with Crippen LogP contribution in [0, 0.1) is 0 Å². The van der Waals surface area contributed by atoms with Crippen LogP contribution in [-0.2, 0) is 35.6 Å². The van der Waals surface area contributed by atoms with Crippen molar-refractivity contribution in [2.45, 2.75) is 39.1 Å². The second-order valence-corrected chi connectivity index (χ2v) is 6.06. The van der Waals surface area contributed by atoms with E-state index in [1.165, 1.54) is 0 Å². The Hall–Kier alpha value is -2.18. The molecule has 0 spiro atoms. The Kier molecular flexibility index (Phi) is 3.63. The molecule has 2 aromatic rings. The second kappa shape index (κ2) is 5.79. The SMILES string of the molecule is C[C@H]1C(=O)Nc2ccccc2CN1Cc1noc2c1COCC2. The van der Waals surface area contributed by atoms with Crippen molar-refractivity contribution in [2.24, 2.45) is 0 Å². The molecule has 23 heavy (non-hydrogen) atoms. The topological polar surface area (TPSA) is 67.6 Å². The standard InChI is InChI=1S/C17H19N3O3/c1-11-17(21)18-14-5-3-2-4-12(14)8-20(11)9-15-13-10-22-7-6-16(13)23-19-15/h2-5,11H,6-10H2,1H3,(H,18,21)/t11-/m0/s1. The first kappa shape index (κ1) is 14.4. The van der Waals surface area contributed by atoms with Gasteiger partial charge in [0.15, 0.2) is 0 Å². The third kappa shape index (κ3) is 2.64. The number of nitrogens with one attached hydrogen (secondary N) is 1. The highest BCUT2D eigenvalue weighted by atomic mass is 16.5. The molecule has 3 heterocycles. The smallest absolute Gasteiger partial charge is 0.241 e. The zero-order chi connectivity index (χ0) is 15.8. The highest BCUT2D eigenvalue weighted by Crippen LogP contribution is 2.27. The van der Waals surface area contributed by atoms with Gasteiger partial charge in [-0.2, -0.15) is 0 Å². The van der Waals surface area contributed by atoms with Crippen molar-refractivity contribution in [2.75, 3.05) is 11.9 Å². The largest absolute Gasteiger partial charge is 0.376 e. The zero-order valence-corrected chi connectivity index (χ0v) is 13.0. The molecule has 1 aromatic heterocycles. The van der Waals surface area contributed by atoms with Gasteiger partial charge in [-0.05, 0) is 18.6 Å². The summed E-state index contributed by atoms with van der Waals surface area (Å²) >= 11 is 0. The van der Waals surface area contributed by atoms with E-state index in [4.69, 9.17) is 9.26 Å². The predicted molar refractivity (Wildman–Crippen MR) is 83.6 cm³/mol. The average Bonchev–Trinajstić information content (AvgIpc) is 2.93. The van der Waals surface area contributed by atoms with Gasteiger partial charge in [0.2, 0.25) is 5.91 Å². The van der Waals surface area contributed by atoms with Crippen molar-refractivity contribution < 1.29 is 14.1 Å². The number of benzene rings is 1. The lowest BCUT2D eigenvalue weighted by atomic mass is 10.1. The van der Waals surface area contributed by atoms with E-state index < -0.39 is 0 Å². The Labute approximate surface area is 134 Å². The number of aromatic nitrogens is 1. The molecule has 120 valence electrons. The number of rotatable bonds is 2. The van der Waals surface area contributed by atoms with Crippen molar-refractivity contribution in [1.82, 2.24) is 10.1 Å². The monoisotopic (exact) mass is 313 g/mol. The summed E-state index contributed by atoms with van der Waals surface area (Å²) in [5.41, 5.74) is 3.91. The number of anilines is 1. The average molecular weight is 313 g/mol. The van der Waals surface area contributed by atoms with Crippen LogP contribution in [-0.4, -0.2) is 28.6 Å². The summed E-state index contributed by atoms with van der Waals surface area (Å²) in [7, 11) is 0. The Morgan fingerprint density at radius 2 is 2.26 bits per heavy atom. The van der Waals surface area contributed by atoms with Gasteiger partial charge in [0.1, 0.15) is 11.5 Å². The minimum absolute atomic E-state index is 0.00330. The molecule has 0 saturated carbocycles. The van der Waals surface area contributed by atoms with Gasteiger partial charge >= 0.3 is 0 Å². The highest BCUT2D eigenvalue weighted by Gasteiger charge is 2.29. The Balaban J connectivity index is 1.63. The van der Waals surface area contributed by atoms with Crippen LogP contribution in [0.2, 0.25) is 0 Å². The van der Waals surface area contributed by atoms with Gasteiger partial charge in [-0.25, -0.2) is 0 Å². The quantitative estimate of drug-likeness (QED) is 0.919. The van der Waals surface area contributed by atoms with Crippen LogP contribution in [0.4, 0.5) is 5.69 Å². The van der Waals surface area contributed by atoms with E-state index in [0.29, 0.717) is 26.3 Å². The van der Waals surface area contributed by atoms with Gasteiger partial charge < -0.3 is 14.6 Å². The maximum atomic E-state index is 12.4. The van der Waals surface area contributed by atoms with E-state index in [9.17, 15) is 4.79 Å². The molecular weight excluding hydrogens is 294 g/mol. The summed E-state index contributed by atoms with van der Waals surface area (Å²) in [6, 6.07) is 7.67. The lowest BCUT2D eigenvalue weighted by molar-refractivity contribution is -0.120. The third-order valence-electron chi connectivity index (χ3n) is 4.60.